The SMILES string of the molecule is COC(C(=N)CC1CCCCC1)C(=O)NCCc1cccc(F)c1. The Morgan fingerprint density at radius 1 is 1.38 bits per heavy atom. The summed E-state index contributed by atoms with van der Waals surface area (Å²) in [6, 6.07) is 6.35. The first-order valence-electron chi connectivity index (χ1n) is 8.72. The predicted octanol–water partition coefficient (Wildman–Crippen LogP) is 3.49. The third-order valence-corrected chi connectivity index (χ3v) is 4.63. The minimum Gasteiger partial charge on any atom is -0.366 e. The zero-order chi connectivity index (χ0) is 17.4. The summed E-state index contributed by atoms with van der Waals surface area (Å²) in [7, 11) is 1.46. The Balaban J connectivity index is 1.78. The van der Waals surface area contributed by atoms with Gasteiger partial charge in [0, 0.05) is 19.4 Å². The van der Waals surface area contributed by atoms with Crippen LogP contribution in [0.1, 0.15) is 44.1 Å². The molecule has 4 nitrogen and oxygen atoms in total. The number of carbonyl (C=O) groups is 1. The van der Waals surface area contributed by atoms with Gasteiger partial charge in [-0.15, -0.1) is 0 Å². The molecule has 1 aromatic carbocycles. The van der Waals surface area contributed by atoms with Crippen molar-refractivity contribution in [2.75, 3.05) is 13.7 Å². The highest BCUT2D eigenvalue weighted by Crippen LogP contribution is 2.27. The molecule has 0 saturated heterocycles. The lowest BCUT2D eigenvalue weighted by Crippen LogP contribution is -2.42. The molecule has 0 radical (unpaired) electrons. The van der Waals surface area contributed by atoms with Crippen molar-refractivity contribution in [2.24, 2.45) is 5.92 Å². The second-order valence-corrected chi connectivity index (χ2v) is 6.52. The van der Waals surface area contributed by atoms with Crippen molar-refractivity contribution in [3.8, 4) is 0 Å². The number of hydrogen-bond acceptors (Lipinski definition) is 3. The van der Waals surface area contributed by atoms with Crippen molar-refractivity contribution in [1.29, 1.82) is 5.41 Å². The van der Waals surface area contributed by atoms with E-state index in [2.05, 4.69) is 5.32 Å². The number of hydrogen-bond donors (Lipinski definition) is 2. The van der Waals surface area contributed by atoms with Crippen molar-refractivity contribution in [3.63, 3.8) is 0 Å². The average Bonchev–Trinajstić information content (AvgIpc) is 2.56. The van der Waals surface area contributed by atoms with Crippen LogP contribution in [0.2, 0.25) is 0 Å². The fraction of sp³-hybridized carbons (Fsp3) is 0.579. The first-order valence-corrected chi connectivity index (χ1v) is 8.72. The second-order valence-electron chi connectivity index (χ2n) is 6.52. The summed E-state index contributed by atoms with van der Waals surface area (Å²) >= 11 is 0. The van der Waals surface area contributed by atoms with E-state index in [-0.39, 0.29) is 11.7 Å². The van der Waals surface area contributed by atoms with Crippen LogP contribution < -0.4 is 5.32 Å². The van der Waals surface area contributed by atoms with Crippen molar-refractivity contribution in [3.05, 3.63) is 35.6 Å². The first-order chi connectivity index (χ1) is 11.6. The molecule has 0 aliphatic heterocycles. The molecule has 1 unspecified atom stereocenters. The van der Waals surface area contributed by atoms with Crippen molar-refractivity contribution < 1.29 is 13.9 Å². The van der Waals surface area contributed by atoms with E-state index in [1.165, 1.54) is 38.5 Å². The van der Waals surface area contributed by atoms with Gasteiger partial charge in [-0.1, -0.05) is 44.2 Å². The second kappa shape index (κ2) is 9.52. The van der Waals surface area contributed by atoms with E-state index in [1.807, 2.05) is 6.07 Å². The highest BCUT2D eigenvalue weighted by atomic mass is 19.1. The molecule has 5 heteroatoms. The zero-order valence-corrected chi connectivity index (χ0v) is 14.3. The highest BCUT2D eigenvalue weighted by Gasteiger charge is 2.25. The molecular weight excluding hydrogens is 307 g/mol. The van der Waals surface area contributed by atoms with Gasteiger partial charge in [0.1, 0.15) is 5.82 Å². The summed E-state index contributed by atoms with van der Waals surface area (Å²) in [6.07, 6.45) is 6.36. The number of halogens is 1. The molecule has 1 amide bonds. The molecule has 1 aromatic rings. The van der Waals surface area contributed by atoms with Crippen LogP contribution in [0.15, 0.2) is 24.3 Å². The number of methoxy groups -OCH3 is 1. The quantitative estimate of drug-likeness (QED) is 0.715. The molecule has 0 bridgehead atoms. The lowest BCUT2D eigenvalue weighted by Gasteiger charge is -2.24. The molecular formula is C19H27FN2O2. The predicted molar refractivity (Wildman–Crippen MR) is 92.8 cm³/mol. The third-order valence-electron chi connectivity index (χ3n) is 4.63. The number of benzene rings is 1. The van der Waals surface area contributed by atoms with Crippen molar-refractivity contribution in [2.45, 2.75) is 51.0 Å². The lowest BCUT2D eigenvalue weighted by atomic mass is 9.84. The van der Waals surface area contributed by atoms with Crippen LogP contribution in [0, 0.1) is 17.1 Å². The monoisotopic (exact) mass is 334 g/mol. The van der Waals surface area contributed by atoms with E-state index in [4.69, 9.17) is 10.1 Å². The van der Waals surface area contributed by atoms with E-state index < -0.39 is 6.10 Å². The summed E-state index contributed by atoms with van der Waals surface area (Å²) in [5.74, 6) is -0.0541. The van der Waals surface area contributed by atoms with Gasteiger partial charge in [0.15, 0.2) is 6.10 Å². The Morgan fingerprint density at radius 2 is 2.12 bits per heavy atom. The van der Waals surface area contributed by atoms with E-state index in [9.17, 15) is 9.18 Å². The zero-order valence-electron chi connectivity index (χ0n) is 14.3. The van der Waals surface area contributed by atoms with Crippen LogP contribution in [0.4, 0.5) is 4.39 Å². The van der Waals surface area contributed by atoms with Crippen LogP contribution in [0.25, 0.3) is 0 Å². The number of ether oxygens (including phenoxy) is 1. The summed E-state index contributed by atoms with van der Waals surface area (Å²) < 4.78 is 18.4. The van der Waals surface area contributed by atoms with E-state index in [1.54, 1.807) is 6.07 Å². The van der Waals surface area contributed by atoms with Gasteiger partial charge in [0.25, 0.3) is 5.91 Å². The maximum Gasteiger partial charge on any atom is 0.255 e. The molecule has 0 spiro atoms. The van der Waals surface area contributed by atoms with Gasteiger partial charge in [-0.2, -0.15) is 0 Å². The Morgan fingerprint density at radius 3 is 2.79 bits per heavy atom. The molecule has 0 aromatic heterocycles. The van der Waals surface area contributed by atoms with Crippen LogP contribution in [0.3, 0.4) is 0 Å². The lowest BCUT2D eigenvalue weighted by molar-refractivity contribution is -0.127. The van der Waals surface area contributed by atoms with Crippen molar-refractivity contribution in [1.82, 2.24) is 5.32 Å². The summed E-state index contributed by atoms with van der Waals surface area (Å²) in [6.45, 7) is 0.402. The molecule has 1 aliphatic rings. The first kappa shape index (κ1) is 18.6. The normalized spacial score (nSPS) is 16.6. The smallest absolute Gasteiger partial charge is 0.255 e. The van der Waals surface area contributed by atoms with Gasteiger partial charge >= 0.3 is 0 Å². The van der Waals surface area contributed by atoms with Crippen molar-refractivity contribution >= 4 is 11.6 Å². The minimum atomic E-state index is -0.820. The highest BCUT2D eigenvalue weighted by molar-refractivity contribution is 6.05. The maximum atomic E-state index is 13.1. The Kier molecular flexibility index (Phi) is 7.37. The van der Waals surface area contributed by atoms with Crippen LogP contribution in [-0.2, 0) is 16.0 Å². The summed E-state index contributed by atoms with van der Waals surface area (Å²) in [4.78, 5) is 12.3. The molecule has 1 atom stereocenters. The van der Waals surface area contributed by atoms with Gasteiger partial charge in [-0.25, -0.2) is 4.39 Å². The standard InChI is InChI=1S/C19H27FN2O2/c1-24-18(17(21)13-14-6-3-2-4-7-14)19(23)22-11-10-15-8-5-9-16(20)12-15/h5,8-9,12,14,18,21H,2-4,6-7,10-11,13H2,1H3,(H,22,23). The Labute approximate surface area is 143 Å². The summed E-state index contributed by atoms with van der Waals surface area (Å²) in [5, 5.41) is 11.0. The average molecular weight is 334 g/mol. The van der Waals surface area contributed by atoms with Gasteiger partial charge in [-0.3, -0.25) is 4.79 Å². The fourth-order valence-electron chi connectivity index (χ4n) is 3.33. The van der Waals surface area contributed by atoms with Gasteiger partial charge in [0.2, 0.25) is 0 Å². The molecule has 0 heterocycles. The molecule has 24 heavy (non-hydrogen) atoms. The molecule has 2 N–H and O–H groups in total. The van der Waals surface area contributed by atoms with Gasteiger partial charge in [0.05, 0.1) is 0 Å². The largest absolute Gasteiger partial charge is 0.366 e. The maximum absolute atomic E-state index is 13.1. The molecule has 132 valence electrons. The van der Waals surface area contributed by atoms with Crippen LogP contribution in [-0.4, -0.2) is 31.4 Å². The molecule has 1 saturated carbocycles. The van der Waals surface area contributed by atoms with Crippen LogP contribution >= 0.6 is 0 Å². The number of amides is 1. The van der Waals surface area contributed by atoms with E-state index in [0.717, 1.165) is 18.4 Å². The van der Waals surface area contributed by atoms with E-state index >= 15 is 0 Å². The number of nitrogens with one attached hydrogen (secondary N) is 2. The Hall–Kier alpha value is -1.75. The molecule has 1 fully saturated rings. The fourth-order valence-corrected chi connectivity index (χ4v) is 3.33. The number of rotatable bonds is 8. The van der Waals surface area contributed by atoms with Crippen LogP contribution in [0.5, 0.6) is 0 Å². The van der Waals surface area contributed by atoms with E-state index in [0.29, 0.717) is 31.0 Å². The molecule has 1 aliphatic carbocycles. The number of carbonyl (C=O) groups excluding carboxylic acids is 1. The van der Waals surface area contributed by atoms with Gasteiger partial charge < -0.3 is 15.5 Å². The summed E-state index contributed by atoms with van der Waals surface area (Å²) in [5.41, 5.74) is 1.19. The topological polar surface area (TPSA) is 62.2 Å². The van der Waals surface area contributed by atoms with Gasteiger partial charge in [-0.05, 0) is 36.5 Å². The minimum absolute atomic E-state index is 0.275. The Bertz CT molecular complexity index is 556. The molecule has 2 rings (SSSR count). The third kappa shape index (κ3) is 5.71.